The molecule has 3 N–H and O–H groups in total. The van der Waals surface area contributed by atoms with Gasteiger partial charge in [0.25, 0.3) is 5.91 Å². The second kappa shape index (κ2) is 15.2. The van der Waals surface area contributed by atoms with Crippen LogP contribution in [0.3, 0.4) is 0 Å². The first-order valence-corrected chi connectivity index (χ1v) is 16.2. The van der Waals surface area contributed by atoms with Crippen molar-refractivity contribution in [3.8, 4) is 17.2 Å². The van der Waals surface area contributed by atoms with Crippen LogP contribution in [0.1, 0.15) is 55.5 Å². The zero-order valence-electron chi connectivity index (χ0n) is 26.5. The monoisotopic (exact) mass is 637 g/mol. The summed E-state index contributed by atoms with van der Waals surface area (Å²) < 4.78 is 1.91. The molecule has 1 saturated carbocycles. The molecule has 1 fully saturated rings. The first-order valence-electron chi connectivity index (χ1n) is 15.8. The smallest absolute Gasteiger partial charge is 0.255 e. The molecule has 9 nitrogen and oxygen atoms in total. The number of benzene rings is 3. The topological polar surface area (TPSA) is 115 Å². The van der Waals surface area contributed by atoms with Crippen LogP contribution in [-0.2, 0) is 11.8 Å². The number of imidazole rings is 1. The number of carbonyl (C=O) groups is 2. The third kappa shape index (κ3) is 7.83. The molecule has 10 heteroatoms. The normalized spacial score (nSPS) is 16.5. The molecule has 0 atom stereocenters. The Morgan fingerprint density at radius 2 is 1.85 bits per heavy atom. The number of amides is 2. The van der Waals surface area contributed by atoms with E-state index in [0.717, 1.165) is 48.1 Å². The number of hydrogen-bond donors (Lipinski definition) is 3. The third-order valence-corrected chi connectivity index (χ3v) is 9.04. The lowest BCUT2D eigenvalue weighted by atomic mass is 9.90. The van der Waals surface area contributed by atoms with Gasteiger partial charge >= 0.3 is 0 Å². The predicted octanol–water partition coefficient (Wildman–Crippen LogP) is 6.75. The fourth-order valence-electron chi connectivity index (χ4n) is 6.18. The van der Waals surface area contributed by atoms with Gasteiger partial charge in [-0.3, -0.25) is 9.59 Å². The number of nitriles is 1. The van der Waals surface area contributed by atoms with Crippen LogP contribution < -0.4 is 16.0 Å². The van der Waals surface area contributed by atoms with Gasteiger partial charge in [0, 0.05) is 48.6 Å². The molecule has 4 aromatic rings. The van der Waals surface area contributed by atoms with E-state index in [1.54, 1.807) is 30.6 Å². The molecule has 46 heavy (non-hydrogen) atoms. The molecule has 238 valence electrons. The van der Waals surface area contributed by atoms with Crippen molar-refractivity contribution in [3.05, 3.63) is 89.2 Å². The zero-order chi connectivity index (χ0) is 32.6. The van der Waals surface area contributed by atoms with Gasteiger partial charge in [0.1, 0.15) is 6.07 Å². The fraction of sp³-hybridized carbons (Fsp3) is 0.333. The van der Waals surface area contributed by atoms with Crippen molar-refractivity contribution in [1.29, 1.82) is 5.26 Å². The lowest BCUT2D eigenvalue weighted by Gasteiger charge is -2.36. The number of aryl methyl sites for hydroxylation is 1. The molecule has 1 heterocycles. The van der Waals surface area contributed by atoms with Crippen molar-refractivity contribution in [3.63, 3.8) is 0 Å². The van der Waals surface area contributed by atoms with Crippen molar-refractivity contribution >= 4 is 45.8 Å². The van der Waals surface area contributed by atoms with Crippen LogP contribution in [-0.4, -0.2) is 58.0 Å². The van der Waals surface area contributed by atoms with Crippen LogP contribution >= 0.6 is 11.6 Å². The molecule has 1 aromatic heterocycles. The Morgan fingerprint density at radius 3 is 2.59 bits per heavy atom. The number of hydrogen-bond acceptors (Lipinski definition) is 6. The number of carbonyl (C=O) groups excluding carboxylic acids is 2. The molecule has 0 aliphatic heterocycles. The Morgan fingerprint density at radius 1 is 1.07 bits per heavy atom. The molecule has 5 rings (SSSR count). The summed E-state index contributed by atoms with van der Waals surface area (Å²) in [5, 5.41) is 19.5. The minimum atomic E-state index is -0.380. The molecule has 1 aliphatic carbocycles. The van der Waals surface area contributed by atoms with Crippen molar-refractivity contribution in [2.75, 3.05) is 30.3 Å². The Bertz CT molecular complexity index is 1780. The molecule has 0 radical (unpaired) electrons. The summed E-state index contributed by atoms with van der Waals surface area (Å²) in [6.45, 7) is 7.23. The Hall–Kier alpha value is -4.49. The van der Waals surface area contributed by atoms with Crippen molar-refractivity contribution in [1.82, 2.24) is 19.8 Å². The van der Waals surface area contributed by atoms with E-state index in [1.165, 1.54) is 25.0 Å². The molecule has 2 amide bonds. The Balaban J connectivity index is 1.15. The minimum absolute atomic E-state index is 0.196. The highest BCUT2D eigenvalue weighted by atomic mass is 35.5. The second-order valence-corrected chi connectivity index (χ2v) is 12.0. The molecule has 0 saturated heterocycles. The van der Waals surface area contributed by atoms with E-state index >= 15 is 0 Å². The Kier molecular flexibility index (Phi) is 10.9. The number of nitrogens with one attached hydrogen (secondary N) is 3. The average molecular weight is 638 g/mol. The van der Waals surface area contributed by atoms with Crippen LogP contribution in [0.2, 0.25) is 5.02 Å². The summed E-state index contributed by atoms with van der Waals surface area (Å²) in [6.07, 6.45) is 9.67. The Labute approximate surface area is 275 Å². The van der Waals surface area contributed by atoms with Gasteiger partial charge in [-0.2, -0.15) is 5.26 Å². The van der Waals surface area contributed by atoms with Gasteiger partial charge in [-0.15, -0.1) is 0 Å². The van der Waals surface area contributed by atoms with E-state index in [4.69, 9.17) is 11.6 Å². The van der Waals surface area contributed by atoms with Gasteiger partial charge in [0.2, 0.25) is 5.91 Å². The highest BCUT2D eigenvalue weighted by Gasteiger charge is 2.23. The van der Waals surface area contributed by atoms with Crippen LogP contribution in [0.5, 0.6) is 0 Å². The molecule has 0 unspecified atom stereocenters. The predicted molar refractivity (Wildman–Crippen MR) is 185 cm³/mol. The van der Waals surface area contributed by atoms with Crippen LogP contribution in [0, 0.1) is 11.3 Å². The van der Waals surface area contributed by atoms with E-state index in [-0.39, 0.29) is 17.4 Å². The molecule has 3 aromatic carbocycles. The average Bonchev–Trinajstić information content (AvgIpc) is 3.43. The molecule has 1 aliphatic rings. The number of nitrogens with zero attached hydrogens (tertiary/aromatic N) is 4. The number of fused-ring (bicyclic) bond motifs is 1. The van der Waals surface area contributed by atoms with Crippen molar-refractivity contribution in [2.24, 2.45) is 7.05 Å². The summed E-state index contributed by atoms with van der Waals surface area (Å²) in [4.78, 5) is 32.7. The number of aromatic nitrogens is 2. The molecular formula is C36H40ClN7O2. The summed E-state index contributed by atoms with van der Waals surface area (Å²) in [7, 11) is 1.91. The minimum Gasteiger partial charge on any atom is -0.334 e. The van der Waals surface area contributed by atoms with Crippen molar-refractivity contribution < 1.29 is 9.59 Å². The number of anilines is 2. The maximum atomic E-state index is 13.1. The lowest BCUT2D eigenvalue weighted by molar-refractivity contribution is -0.111. The van der Waals surface area contributed by atoms with E-state index in [2.05, 4.69) is 45.8 Å². The zero-order valence-corrected chi connectivity index (χ0v) is 27.3. The van der Waals surface area contributed by atoms with Gasteiger partial charge in [-0.1, -0.05) is 43.7 Å². The van der Waals surface area contributed by atoms with Gasteiger partial charge < -0.3 is 25.4 Å². The third-order valence-electron chi connectivity index (χ3n) is 8.72. The molecular weight excluding hydrogens is 598 g/mol. The van der Waals surface area contributed by atoms with Crippen LogP contribution in [0.25, 0.3) is 22.2 Å². The van der Waals surface area contributed by atoms with Gasteiger partial charge in [0.15, 0.2) is 0 Å². The second-order valence-electron chi connectivity index (χ2n) is 11.6. The van der Waals surface area contributed by atoms with E-state index < -0.39 is 0 Å². The van der Waals surface area contributed by atoms with Gasteiger partial charge in [-0.05, 0) is 86.8 Å². The van der Waals surface area contributed by atoms with Crippen molar-refractivity contribution in [2.45, 2.75) is 51.6 Å². The lowest BCUT2D eigenvalue weighted by Crippen LogP contribution is -2.42. The number of rotatable bonds is 11. The van der Waals surface area contributed by atoms with Crippen LogP contribution in [0.4, 0.5) is 11.4 Å². The molecule has 0 bridgehead atoms. The summed E-state index contributed by atoms with van der Waals surface area (Å²) in [5.74, 6) is -0.713. The van der Waals surface area contributed by atoms with Gasteiger partial charge in [0.05, 0.1) is 33.6 Å². The highest BCUT2D eigenvalue weighted by molar-refractivity contribution is 6.34. The maximum absolute atomic E-state index is 13.1. The van der Waals surface area contributed by atoms with Crippen LogP contribution in [0.15, 0.2) is 73.1 Å². The standard InChI is InChI=1S/C36H40ClN7O2/c1-4-44(5-2)29-14-12-27(13-15-29)39-17-7-10-35(45)42-32-16-11-25(18-26(32)22-38)36(46)41-28-9-6-8-24(19-28)30-20-33-34(21-31(30)37)43(3)23-40-33/h6-11,16,18-21,23,27,29,39H,4-5,12-15,17H2,1-3H3,(H,41,46)(H,42,45)/b10-7+/t27-,29-. The number of halogens is 1. The largest absolute Gasteiger partial charge is 0.334 e. The summed E-state index contributed by atoms with van der Waals surface area (Å²) >= 11 is 6.60. The van der Waals surface area contributed by atoms with E-state index in [0.29, 0.717) is 40.6 Å². The summed E-state index contributed by atoms with van der Waals surface area (Å²) in [6, 6.07) is 19.0. The highest BCUT2D eigenvalue weighted by Crippen LogP contribution is 2.33. The van der Waals surface area contributed by atoms with E-state index in [1.807, 2.05) is 41.9 Å². The first kappa shape index (κ1) is 32.9. The van der Waals surface area contributed by atoms with Gasteiger partial charge in [-0.25, -0.2) is 4.98 Å². The first-order chi connectivity index (χ1) is 22.3. The quantitative estimate of drug-likeness (QED) is 0.157. The SMILES string of the molecule is CCN(CC)[C@H]1CC[C@H](NC/C=C/C(=O)Nc2ccc(C(=O)Nc3cccc(-c4cc5ncn(C)c5cc4Cl)c3)cc2C#N)CC1. The molecule has 0 spiro atoms. The maximum Gasteiger partial charge on any atom is 0.255 e. The van der Waals surface area contributed by atoms with E-state index in [9.17, 15) is 14.9 Å². The fourth-order valence-corrected chi connectivity index (χ4v) is 6.45. The summed E-state index contributed by atoms with van der Waals surface area (Å²) in [5.41, 5.74) is 4.80.